The molecule has 43 heavy (non-hydrogen) atoms. The summed E-state index contributed by atoms with van der Waals surface area (Å²) in [5, 5.41) is 2.30. The van der Waals surface area contributed by atoms with Crippen LogP contribution in [0.4, 0.5) is 17.1 Å². The molecule has 208 valence electrons. The summed E-state index contributed by atoms with van der Waals surface area (Å²) in [4.78, 5) is 18.3. The van der Waals surface area contributed by atoms with Crippen molar-refractivity contribution in [1.82, 2.24) is 19.5 Å². The van der Waals surface area contributed by atoms with Gasteiger partial charge in [-0.1, -0.05) is 36.4 Å². The lowest BCUT2D eigenvalue weighted by molar-refractivity contribution is 0.463. The topological polar surface area (TPSA) is 59.3 Å². The van der Waals surface area contributed by atoms with Gasteiger partial charge in [-0.15, -0.1) is 0 Å². The van der Waals surface area contributed by atoms with Gasteiger partial charge in [-0.25, -0.2) is 9.97 Å². The van der Waals surface area contributed by atoms with Crippen molar-refractivity contribution in [3.8, 4) is 28.6 Å². The normalized spacial score (nSPS) is 12.7. The summed E-state index contributed by atoms with van der Waals surface area (Å²) >= 11 is 0. The molecule has 4 aromatic heterocycles. The third-order valence-corrected chi connectivity index (χ3v) is 8.13. The lowest BCUT2D eigenvalue weighted by atomic mass is 10.1. The monoisotopic (exact) mass is 560 g/mol. The van der Waals surface area contributed by atoms with Gasteiger partial charge in [0.15, 0.2) is 0 Å². The Labute approximate surface area is 249 Å². The third kappa shape index (κ3) is 4.25. The highest BCUT2D eigenvalue weighted by Gasteiger charge is 2.24. The van der Waals surface area contributed by atoms with E-state index in [9.17, 15) is 0 Å². The first kappa shape index (κ1) is 25.1. The Hall–Kier alpha value is -5.69. The van der Waals surface area contributed by atoms with Crippen molar-refractivity contribution in [1.29, 1.82) is 0 Å². The van der Waals surface area contributed by atoms with Crippen LogP contribution in [0.15, 0.2) is 122 Å². The van der Waals surface area contributed by atoms with Crippen LogP contribution >= 0.6 is 0 Å². The Morgan fingerprint density at radius 1 is 0.721 bits per heavy atom. The molecule has 5 heterocycles. The molecule has 0 spiro atoms. The summed E-state index contributed by atoms with van der Waals surface area (Å²) in [6.07, 6.45) is 7.40. The maximum atomic E-state index is 6.40. The summed E-state index contributed by atoms with van der Waals surface area (Å²) < 4.78 is 8.60. The molecule has 7 heteroatoms. The molecular formula is C36H28N6O. The van der Waals surface area contributed by atoms with E-state index >= 15 is 0 Å². The van der Waals surface area contributed by atoms with Crippen LogP contribution in [0.2, 0.25) is 0 Å². The van der Waals surface area contributed by atoms with Gasteiger partial charge in [-0.3, -0.25) is 9.55 Å². The van der Waals surface area contributed by atoms with Crippen molar-refractivity contribution in [2.24, 2.45) is 0 Å². The van der Waals surface area contributed by atoms with E-state index in [1.807, 2.05) is 36.7 Å². The summed E-state index contributed by atoms with van der Waals surface area (Å²) in [6, 6.07) is 33.2. The molecule has 0 bridgehead atoms. The second-order valence-electron chi connectivity index (χ2n) is 10.8. The van der Waals surface area contributed by atoms with Crippen molar-refractivity contribution in [3.63, 3.8) is 0 Å². The fourth-order valence-corrected chi connectivity index (χ4v) is 6.09. The Balaban J connectivity index is 1.19. The number of aromatic nitrogens is 4. The first-order valence-electron chi connectivity index (χ1n) is 14.3. The number of pyridine rings is 3. The van der Waals surface area contributed by atoms with E-state index < -0.39 is 0 Å². The highest BCUT2D eigenvalue weighted by atomic mass is 16.5. The molecule has 1 aliphatic rings. The largest absolute Gasteiger partial charge is 0.439 e. The van der Waals surface area contributed by atoms with E-state index in [1.54, 1.807) is 12.4 Å². The Kier molecular flexibility index (Phi) is 5.82. The molecule has 0 amide bonds. The number of nitrogens with zero attached hydrogens (tertiary/aromatic N) is 6. The maximum Gasteiger partial charge on any atom is 0.221 e. The van der Waals surface area contributed by atoms with E-state index in [1.165, 1.54) is 11.4 Å². The number of hydrogen-bond donors (Lipinski definition) is 0. The van der Waals surface area contributed by atoms with Gasteiger partial charge >= 0.3 is 0 Å². The molecule has 0 radical (unpaired) electrons. The second kappa shape index (κ2) is 9.99. The van der Waals surface area contributed by atoms with Gasteiger partial charge in [-0.2, -0.15) is 0 Å². The highest BCUT2D eigenvalue weighted by molar-refractivity contribution is 6.09. The SMILES string of the molecule is Cc1cc(-n2c3ccccc3c3ccc(Oc4cc(N5CN(C)c6ccccc65)ccn4)cc32)ncc1-c1cccnc1. The number of para-hydroxylation sites is 3. The van der Waals surface area contributed by atoms with Crippen molar-refractivity contribution in [2.45, 2.75) is 6.92 Å². The fraction of sp³-hybridized carbons (Fsp3) is 0.0833. The molecule has 0 aliphatic carbocycles. The standard InChI is InChI=1S/C36H28N6O/c1-24-18-35(39-22-30(24)25-8-7-16-37-21-25)42-31-10-4-3-9-28(31)29-14-13-27(20-34(29)42)43-36-19-26(15-17-38-36)41-23-40(2)32-11-5-6-12-33(32)41/h3-22H,23H2,1-2H3. The average molecular weight is 561 g/mol. The molecule has 3 aromatic carbocycles. The Bertz CT molecular complexity index is 2140. The zero-order valence-electron chi connectivity index (χ0n) is 23.8. The lowest BCUT2D eigenvalue weighted by Crippen LogP contribution is -2.23. The molecule has 0 fully saturated rings. The summed E-state index contributed by atoms with van der Waals surface area (Å²) in [5.74, 6) is 2.11. The van der Waals surface area contributed by atoms with Gasteiger partial charge in [0.25, 0.3) is 0 Å². The number of hydrogen-bond acceptors (Lipinski definition) is 6. The molecular weight excluding hydrogens is 532 g/mol. The number of fused-ring (bicyclic) bond motifs is 4. The molecule has 0 saturated heterocycles. The van der Waals surface area contributed by atoms with Crippen LogP contribution in [0.3, 0.4) is 0 Å². The molecule has 7 aromatic rings. The van der Waals surface area contributed by atoms with Crippen molar-refractivity contribution in [2.75, 3.05) is 23.5 Å². The zero-order valence-corrected chi connectivity index (χ0v) is 23.8. The number of rotatable bonds is 5. The first-order valence-corrected chi connectivity index (χ1v) is 14.3. The predicted octanol–water partition coefficient (Wildman–Crippen LogP) is 8.28. The minimum atomic E-state index is 0.543. The summed E-state index contributed by atoms with van der Waals surface area (Å²) in [6.45, 7) is 2.88. The number of benzene rings is 3. The van der Waals surface area contributed by atoms with Crippen LogP contribution in [0.25, 0.3) is 38.8 Å². The van der Waals surface area contributed by atoms with Gasteiger partial charge in [0, 0.05) is 71.6 Å². The molecule has 8 rings (SSSR count). The van der Waals surface area contributed by atoms with Crippen LogP contribution in [0, 0.1) is 6.92 Å². The zero-order chi connectivity index (χ0) is 28.9. The number of aryl methyl sites for hydroxylation is 1. The quantitative estimate of drug-likeness (QED) is 0.211. The van der Waals surface area contributed by atoms with Crippen LogP contribution in [-0.4, -0.2) is 33.2 Å². The van der Waals surface area contributed by atoms with Crippen LogP contribution in [0.1, 0.15) is 5.56 Å². The van der Waals surface area contributed by atoms with Gasteiger partial charge in [0.1, 0.15) is 11.6 Å². The smallest absolute Gasteiger partial charge is 0.221 e. The van der Waals surface area contributed by atoms with Crippen molar-refractivity contribution in [3.05, 3.63) is 127 Å². The molecule has 7 nitrogen and oxygen atoms in total. The maximum absolute atomic E-state index is 6.40. The lowest BCUT2D eigenvalue weighted by Gasteiger charge is -2.20. The minimum absolute atomic E-state index is 0.543. The fourth-order valence-electron chi connectivity index (χ4n) is 6.09. The predicted molar refractivity (Wildman–Crippen MR) is 173 cm³/mol. The van der Waals surface area contributed by atoms with Gasteiger partial charge in [0.05, 0.1) is 29.1 Å². The van der Waals surface area contributed by atoms with E-state index in [4.69, 9.17) is 9.72 Å². The van der Waals surface area contributed by atoms with Crippen LogP contribution in [0.5, 0.6) is 11.6 Å². The summed E-state index contributed by atoms with van der Waals surface area (Å²) in [7, 11) is 2.11. The van der Waals surface area contributed by atoms with Crippen LogP contribution in [-0.2, 0) is 0 Å². The second-order valence-corrected chi connectivity index (χ2v) is 10.8. The van der Waals surface area contributed by atoms with Gasteiger partial charge in [-0.05, 0) is 61.0 Å². The van der Waals surface area contributed by atoms with Crippen molar-refractivity contribution < 1.29 is 4.74 Å². The highest BCUT2D eigenvalue weighted by Crippen LogP contribution is 2.41. The van der Waals surface area contributed by atoms with Crippen molar-refractivity contribution >= 4 is 38.9 Å². The first-order chi connectivity index (χ1) is 21.1. The van der Waals surface area contributed by atoms with E-state index in [0.717, 1.165) is 56.7 Å². The van der Waals surface area contributed by atoms with Crippen LogP contribution < -0.4 is 14.5 Å². The van der Waals surface area contributed by atoms with Gasteiger partial charge < -0.3 is 14.5 Å². The Morgan fingerprint density at radius 3 is 2.42 bits per heavy atom. The molecule has 0 atom stereocenters. The average Bonchev–Trinajstić information content (AvgIpc) is 3.56. The van der Waals surface area contributed by atoms with E-state index in [2.05, 4.69) is 111 Å². The molecule has 0 N–H and O–H groups in total. The Morgan fingerprint density at radius 2 is 1.56 bits per heavy atom. The molecule has 0 saturated carbocycles. The third-order valence-electron chi connectivity index (χ3n) is 8.13. The molecule has 0 unspecified atom stereocenters. The minimum Gasteiger partial charge on any atom is -0.439 e. The number of ether oxygens (including phenoxy) is 1. The van der Waals surface area contributed by atoms with E-state index in [0.29, 0.717) is 11.6 Å². The number of anilines is 3. The van der Waals surface area contributed by atoms with E-state index in [-0.39, 0.29) is 0 Å². The van der Waals surface area contributed by atoms with Gasteiger partial charge in [0.2, 0.25) is 5.88 Å². The molecule has 1 aliphatic heterocycles. The summed E-state index contributed by atoms with van der Waals surface area (Å²) in [5.41, 5.74) is 8.77.